The zero-order valence-electron chi connectivity index (χ0n) is 14.9. The number of aryl methyl sites for hydroxylation is 1. The maximum Gasteiger partial charge on any atom is 0.264 e. The van der Waals surface area contributed by atoms with Crippen LogP contribution in [0.5, 0.6) is 0 Å². The van der Waals surface area contributed by atoms with Crippen LogP contribution >= 0.6 is 11.6 Å². The van der Waals surface area contributed by atoms with Crippen LogP contribution in [0.2, 0.25) is 5.02 Å². The van der Waals surface area contributed by atoms with Gasteiger partial charge in [-0.15, -0.1) is 0 Å². The molecule has 3 nitrogen and oxygen atoms in total. The van der Waals surface area contributed by atoms with Crippen molar-refractivity contribution < 1.29 is 12.8 Å². The predicted molar refractivity (Wildman–Crippen MR) is 107 cm³/mol. The first-order valence-electron chi connectivity index (χ1n) is 8.42. The second-order valence-corrected chi connectivity index (χ2v) is 8.53. The minimum atomic E-state index is -3.94. The maximum atomic E-state index is 14.2. The van der Waals surface area contributed by atoms with Crippen molar-refractivity contribution in [3.8, 4) is 0 Å². The normalized spacial score (nSPS) is 12.6. The molecule has 6 heteroatoms. The molecule has 0 aliphatic rings. The van der Waals surface area contributed by atoms with E-state index in [0.717, 1.165) is 5.56 Å². The summed E-state index contributed by atoms with van der Waals surface area (Å²) in [4.78, 5) is 0.0932. The average Bonchev–Trinajstić information content (AvgIpc) is 2.65. The minimum Gasteiger partial charge on any atom is -0.259 e. The monoisotopic (exact) mass is 403 g/mol. The lowest BCUT2D eigenvalue weighted by molar-refractivity contribution is 0.581. The zero-order valence-corrected chi connectivity index (χ0v) is 16.5. The van der Waals surface area contributed by atoms with Gasteiger partial charge in [0.05, 0.1) is 16.6 Å². The SMILES string of the molecule is Cc1ccc(N([C@@H](C)c2ccccc2)S(=O)(=O)c2ccc(Cl)cc2)cc1F. The van der Waals surface area contributed by atoms with Crippen molar-refractivity contribution in [2.24, 2.45) is 0 Å². The Hall–Kier alpha value is -2.37. The summed E-state index contributed by atoms with van der Waals surface area (Å²) < 4.78 is 42.3. The highest BCUT2D eigenvalue weighted by Crippen LogP contribution is 2.34. The molecule has 0 radical (unpaired) electrons. The van der Waals surface area contributed by atoms with Crippen molar-refractivity contribution in [2.45, 2.75) is 24.8 Å². The highest BCUT2D eigenvalue weighted by atomic mass is 35.5. The third-order valence-electron chi connectivity index (χ3n) is 4.41. The van der Waals surface area contributed by atoms with E-state index in [2.05, 4.69) is 0 Å². The van der Waals surface area contributed by atoms with Crippen molar-refractivity contribution in [3.63, 3.8) is 0 Å². The van der Waals surface area contributed by atoms with Crippen molar-refractivity contribution in [1.82, 2.24) is 0 Å². The summed E-state index contributed by atoms with van der Waals surface area (Å²) in [6.07, 6.45) is 0. The molecule has 140 valence electrons. The van der Waals surface area contributed by atoms with Gasteiger partial charge >= 0.3 is 0 Å². The molecule has 27 heavy (non-hydrogen) atoms. The fourth-order valence-corrected chi connectivity index (χ4v) is 4.64. The predicted octanol–water partition coefficient (Wildman–Crippen LogP) is 5.74. The Balaban J connectivity index is 2.17. The third-order valence-corrected chi connectivity index (χ3v) is 6.58. The Morgan fingerprint density at radius 3 is 2.19 bits per heavy atom. The van der Waals surface area contributed by atoms with Gasteiger partial charge in [-0.1, -0.05) is 48.0 Å². The molecule has 0 aliphatic heterocycles. The molecule has 0 bridgehead atoms. The molecule has 0 aromatic heterocycles. The van der Waals surface area contributed by atoms with Crippen molar-refractivity contribution in [3.05, 3.63) is 94.8 Å². The summed E-state index contributed by atoms with van der Waals surface area (Å²) in [5.41, 5.74) is 1.52. The summed E-state index contributed by atoms with van der Waals surface area (Å²) >= 11 is 5.90. The molecule has 0 N–H and O–H groups in total. The van der Waals surface area contributed by atoms with E-state index in [1.54, 1.807) is 26.0 Å². The van der Waals surface area contributed by atoms with Gasteiger partial charge in [0.15, 0.2) is 0 Å². The number of nitrogens with zero attached hydrogens (tertiary/aromatic N) is 1. The second-order valence-electron chi connectivity index (χ2n) is 6.27. The lowest BCUT2D eigenvalue weighted by Gasteiger charge is -2.31. The Kier molecular flexibility index (Phi) is 5.53. The number of hydrogen-bond donors (Lipinski definition) is 0. The summed E-state index contributed by atoms with van der Waals surface area (Å²) in [5.74, 6) is -0.455. The van der Waals surface area contributed by atoms with Crippen LogP contribution in [0.1, 0.15) is 24.1 Å². The lowest BCUT2D eigenvalue weighted by atomic mass is 10.1. The van der Waals surface area contributed by atoms with Gasteiger partial charge < -0.3 is 0 Å². The molecule has 3 aromatic carbocycles. The molecule has 1 atom stereocenters. The number of anilines is 1. The number of halogens is 2. The number of sulfonamides is 1. The van der Waals surface area contributed by atoms with Crippen LogP contribution < -0.4 is 4.31 Å². The number of hydrogen-bond acceptors (Lipinski definition) is 2. The van der Waals surface area contributed by atoms with Crippen LogP contribution in [0.25, 0.3) is 0 Å². The fraction of sp³-hybridized carbons (Fsp3) is 0.143. The van der Waals surface area contributed by atoms with Crippen LogP contribution in [0.3, 0.4) is 0 Å². The van der Waals surface area contributed by atoms with E-state index < -0.39 is 21.9 Å². The zero-order chi connectivity index (χ0) is 19.6. The first-order chi connectivity index (χ1) is 12.8. The largest absolute Gasteiger partial charge is 0.264 e. The van der Waals surface area contributed by atoms with E-state index in [1.165, 1.54) is 34.6 Å². The first-order valence-corrected chi connectivity index (χ1v) is 10.2. The Bertz CT molecular complexity index is 1040. The summed E-state index contributed by atoms with van der Waals surface area (Å²) in [6, 6.07) is 19.1. The fourth-order valence-electron chi connectivity index (χ4n) is 2.88. The molecule has 0 saturated heterocycles. The molecule has 0 saturated carbocycles. The van der Waals surface area contributed by atoms with Gasteiger partial charge in [0.1, 0.15) is 5.82 Å². The molecule has 3 aromatic rings. The van der Waals surface area contributed by atoms with Gasteiger partial charge in [-0.05, 0) is 61.4 Å². The molecule has 0 aliphatic carbocycles. The number of benzene rings is 3. The Labute approximate surface area is 164 Å². The summed E-state index contributed by atoms with van der Waals surface area (Å²) in [7, 11) is -3.94. The Morgan fingerprint density at radius 2 is 1.59 bits per heavy atom. The van der Waals surface area contributed by atoms with E-state index in [4.69, 9.17) is 11.6 Å². The Morgan fingerprint density at radius 1 is 0.963 bits per heavy atom. The summed E-state index contributed by atoms with van der Waals surface area (Å²) in [6.45, 7) is 3.42. The molecular formula is C21H19ClFNO2S. The quantitative estimate of drug-likeness (QED) is 0.544. The molecule has 3 rings (SSSR count). The van der Waals surface area contributed by atoms with Crippen LogP contribution in [0.15, 0.2) is 77.7 Å². The van der Waals surface area contributed by atoms with Crippen LogP contribution in [0, 0.1) is 12.7 Å². The molecule has 0 amide bonds. The van der Waals surface area contributed by atoms with E-state index in [0.29, 0.717) is 10.6 Å². The van der Waals surface area contributed by atoms with Gasteiger partial charge in [0, 0.05) is 5.02 Å². The number of rotatable bonds is 5. The maximum absolute atomic E-state index is 14.2. The van der Waals surface area contributed by atoms with Crippen LogP contribution in [-0.4, -0.2) is 8.42 Å². The molecule has 0 heterocycles. The van der Waals surface area contributed by atoms with Gasteiger partial charge in [0.25, 0.3) is 10.0 Å². The van der Waals surface area contributed by atoms with E-state index in [-0.39, 0.29) is 10.6 Å². The van der Waals surface area contributed by atoms with Gasteiger partial charge in [-0.2, -0.15) is 0 Å². The van der Waals surface area contributed by atoms with Gasteiger partial charge in [-0.3, -0.25) is 4.31 Å². The minimum absolute atomic E-state index is 0.0932. The highest BCUT2D eigenvalue weighted by molar-refractivity contribution is 7.92. The van der Waals surface area contributed by atoms with Crippen molar-refractivity contribution >= 4 is 27.3 Å². The third kappa shape index (κ3) is 3.99. The van der Waals surface area contributed by atoms with Crippen LogP contribution in [0.4, 0.5) is 10.1 Å². The van der Waals surface area contributed by atoms with Gasteiger partial charge in [-0.25, -0.2) is 12.8 Å². The van der Waals surface area contributed by atoms with Crippen LogP contribution in [-0.2, 0) is 10.0 Å². The van der Waals surface area contributed by atoms with Gasteiger partial charge in [0.2, 0.25) is 0 Å². The molecular weight excluding hydrogens is 385 g/mol. The lowest BCUT2D eigenvalue weighted by Crippen LogP contribution is -2.33. The molecule has 0 fully saturated rings. The van der Waals surface area contributed by atoms with E-state index >= 15 is 0 Å². The first kappa shape index (κ1) is 19.4. The van der Waals surface area contributed by atoms with Crippen molar-refractivity contribution in [2.75, 3.05) is 4.31 Å². The second kappa shape index (κ2) is 7.71. The topological polar surface area (TPSA) is 37.4 Å². The van der Waals surface area contributed by atoms with E-state index in [9.17, 15) is 12.8 Å². The molecule has 0 spiro atoms. The summed E-state index contributed by atoms with van der Waals surface area (Å²) in [5, 5.41) is 0.443. The molecule has 0 unspecified atom stereocenters. The van der Waals surface area contributed by atoms with E-state index in [1.807, 2.05) is 30.3 Å². The van der Waals surface area contributed by atoms with Crippen molar-refractivity contribution in [1.29, 1.82) is 0 Å². The smallest absolute Gasteiger partial charge is 0.259 e. The highest BCUT2D eigenvalue weighted by Gasteiger charge is 2.30. The average molecular weight is 404 g/mol. The standard InChI is InChI=1S/C21H19ClFNO2S/c1-15-8-11-19(14-21(15)23)24(16(2)17-6-4-3-5-7-17)27(25,26)20-12-9-18(22)10-13-20/h3-14,16H,1-2H3/t16-/m0/s1.